The largest absolute Gasteiger partial charge is 0.358 e. The highest BCUT2D eigenvalue weighted by atomic mass is 127. The van der Waals surface area contributed by atoms with E-state index in [-0.39, 0.29) is 15.9 Å². The number of rotatable bonds is 3. The van der Waals surface area contributed by atoms with Gasteiger partial charge in [0.2, 0.25) is 5.91 Å². The van der Waals surface area contributed by atoms with Gasteiger partial charge in [-0.05, 0) is 70.0 Å². The predicted molar refractivity (Wildman–Crippen MR) is 114 cm³/mol. The number of carbonyl (C=O) groups excluding carboxylic acids is 2. The van der Waals surface area contributed by atoms with Gasteiger partial charge in [0.1, 0.15) is 0 Å². The lowest BCUT2D eigenvalue weighted by Gasteiger charge is -2.52. The second-order valence-corrected chi connectivity index (χ2v) is 10.0. The number of halogens is 1. The Kier molecular flexibility index (Phi) is 6.00. The maximum Gasteiger partial charge on any atom is 0.283 e. The molecule has 1 spiro atoms. The molecule has 0 bridgehead atoms. The van der Waals surface area contributed by atoms with Crippen LogP contribution in [0.1, 0.15) is 51.4 Å². The van der Waals surface area contributed by atoms with Crippen molar-refractivity contribution >= 4 is 32.4 Å². The molecule has 4 fully saturated rings. The summed E-state index contributed by atoms with van der Waals surface area (Å²) in [7, 11) is 1.76. The molecule has 3 heterocycles. The molecule has 4 aliphatic rings. The Morgan fingerprint density at radius 3 is 2.37 bits per heavy atom. The summed E-state index contributed by atoms with van der Waals surface area (Å²) in [6.07, 6.45) is 9.52. The maximum absolute atomic E-state index is 12.3. The molecule has 0 radical (unpaired) electrons. The van der Waals surface area contributed by atoms with E-state index in [1.807, 2.05) is 27.5 Å². The zero-order chi connectivity index (χ0) is 19.0. The lowest BCUT2D eigenvalue weighted by Crippen LogP contribution is -2.58. The molecule has 1 aliphatic carbocycles. The smallest absolute Gasteiger partial charge is 0.283 e. The van der Waals surface area contributed by atoms with Gasteiger partial charge in [-0.25, -0.2) is 0 Å². The topological polar surface area (TPSA) is 55.9 Å². The molecule has 0 aromatic carbocycles. The summed E-state index contributed by atoms with van der Waals surface area (Å²) in [5.74, 6) is 0.202. The third-order valence-corrected chi connectivity index (χ3v) is 8.28. The molecule has 27 heavy (non-hydrogen) atoms. The molecule has 6 nitrogen and oxygen atoms in total. The number of likely N-dealkylation sites (tertiary alicyclic amines) is 3. The van der Waals surface area contributed by atoms with Crippen LogP contribution in [0.2, 0.25) is 0 Å². The molecule has 152 valence electrons. The Balaban J connectivity index is 1.26. The summed E-state index contributed by atoms with van der Waals surface area (Å²) < 4.78 is 0.209. The van der Waals surface area contributed by atoms with Crippen LogP contribution in [0.25, 0.3) is 0 Å². The SMILES string of the molecule is CNC(=O)[C@H]1CCCCN1C1CCN(C2CC3(CCN(C(=O)I)C3)C2)CC1. The third kappa shape index (κ3) is 4.01. The molecule has 4 rings (SSSR count). The van der Waals surface area contributed by atoms with Crippen molar-refractivity contribution < 1.29 is 9.59 Å². The molecule has 1 N–H and O–H groups in total. The zero-order valence-electron chi connectivity index (χ0n) is 16.5. The highest BCUT2D eigenvalue weighted by Gasteiger charge is 2.51. The van der Waals surface area contributed by atoms with Crippen molar-refractivity contribution in [3.05, 3.63) is 0 Å². The quantitative estimate of drug-likeness (QED) is 0.377. The molecule has 0 unspecified atom stereocenters. The van der Waals surface area contributed by atoms with Gasteiger partial charge in [0.05, 0.1) is 6.04 Å². The average Bonchev–Trinajstić information content (AvgIpc) is 3.13. The van der Waals surface area contributed by atoms with Crippen molar-refractivity contribution in [2.24, 2.45) is 5.41 Å². The number of amides is 2. The lowest BCUT2D eigenvalue weighted by atomic mass is 9.64. The van der Waals surface area contributed by atoms with Crippen LogP contribution in [-0.4, -0.2) is 82.4 Å². The van der Waals surface area contributed by atoms with E-state index >= 15 is 0 Å². The fourth-order valence-corrected chi connectivity index (χ4v) is 6.45. The number of piperidine rings is 2. The van der Waals surface area contributed by atoms with Crippen molar-refractivity contribution in [2.75, 3.05) is 39.8 Å². The minimum absolute atomic E-state index is 0.0857. The van der Waals surface area contributed by atoms with Gasteiger partial charge in [-0.1, -0.05) is 6.42 Å². The summed E-state index contributed by atoms with van der Waals surface area (Å²) in [5, 5.41) is 2.87. The van der Waals surface area contributed by atoms with Crippen LogP contribution in [-0.2, 0) is 4.79 Å². The normalized spacial score (nSPS) is 36.0. The Hall–Kier alpha value is -0.410. The van der Waals surface area contributed by atoms with Gasteiger partial charge in [0, 0.05) is 54.8 Å². The number of hydrogen-bond donors (Lipinski definition) is 1. The minimum atomic E-state index is 0.0857. The van der Waals surface area contributed by atoms with Crippen molar-refractivity contribution in [1.29, 1.82) is 0 Å². The fourth-order valence-electron chi connectivity index (χ4n) is 6.04. The summed E-state index contributed by atoms with van der Waals surface area (Å²) >= 11 is 1.93. The standard InChI is InChI=1S/C20H33IN4O2/c1-22-18(26)17-4-2-3-8-25(17)15-5-9-23(10-6-15)16-12-20(13-16)7-11-24(14-20)19(21)27/h15-17H,2-14H2,1H3,(H,22,26)/t16?,17-,20?/m1/s1. The molecule has 2 amide bonds. The van der Waals surface area contributed by atoms with Crippen LogP contribution in [0.15, 0.2) is 0 Å². The van der Waals surface area contributed by atoms with Crippen LogP contribution >= 0.6 is 22.6 Å². The van der Waals surface area contributed by atoms with E-state index < -0.39 is 0 Å². The molecule has 1 saturated carbocycles. The van der Waals surface area contributed by atoms with E-state index in [0.29, 0.717) is 17.5 Å². The van der Waals surface area contributed by atoms with Crippen molar-refractivity contribution in [3.63, 3.8) is 0 Å². The van der Waals surface area contributed by atoms with Gasteiger partial charge in [-0.15, -0.1) is 0 Å². The Morgan fingerprint density at radius 2 is 1.74 bits per heavy atom. The monoisotopic (exact) mass is 488 g/mol. The minimum Gasteiger partial charge on any atom is -0.358 e. The van der Waals surface area contributed by atoms with Gasteiger partial charge < -0.3 is 15.1 Å². The molecule has 3 saturated heterocycles. The highest BCUT2D eigenvalue weighted by Crippen LogP contribution is 2.50. The number of hydrogen-bond acceptors (Lipinski definition) is 4. The Labute approximate surface area is 176 Å². The molecular formula is C20H33IN4O2. The first kappa shape index (κ1) is 19.9. The first-order chi connectivity index (χ1) is 13.0. The second kappa shape index (κ2) is 8.14. The van der Waals surface area contributed by atoms with E-state index in [9.17, 15) is 9.59 Å². The summed E-state index contributed by atoms with van der Waals surface area (Å²) in [5.41, 5.74) is 0.416. The van der Waals surface area contributed by atoms with Crippen LogP contribution < -0.4 is 5.32 Å². The molecular weight excluding hydrogens is 455 g/mol. The van der Waals surface area contributed by atoms with Crippen LogP contribution in [0.3, 0.4) is 0 Å². The van der Waals surface area contributed by atoms with Crippen molar-refractivity contribution in [3.8, 4) is 0 Å². The van der Waals surface area contributed by atoms with Gasteiger partial charge in [0.25, 0.3) is 3.91 Å². The first-order valence-electron chi connectivity index (χ1n) is 10.7. The van der Waals surface area contributed by atoms with Crippen LogP contribution in [0, 0.1) is 5.41 Å². The third-order valence-electron chi connectivity index (χ3n) is 7.60. The van der Waals surface area contributed by atoms with Crippen LogP contribution in [0.5, 0.6) is 0 Å². The number of nitrogens with one attached hydrogen (secondary N) is 1. The van der Waals surface area contributed by atoms with E-state index in [4.69, 9.17) is 0 Å². The van der Waals surface area contributed by atoms with Crippen molar-refractivity contribution in [2.45, 2.75) is 69.5 Å². The Bertz CT molecular complexity index is 572. The predicted octanol–water partition coefficient (Wildman–Crippen LogP) is 2.46. The van der Waals surface area contributed by atoms with E-state index in [2.05, 4.69) is 15.1 Å². The average molecular weight is 488 g/mol. The molecule has 3 aliphatic heterocycles. The lowest BCUT2D eigenvalue weighted by molar-refractivity contribution is -0.129. The molecule has 7 heteroatoms. The fraction of sp³-hybridized carbons (Fsp3) is 0.900. The highest BCUT2D eigenvalue weighted by molar-refractivity contribution is 14.1. The van der Waals surface area contributed by atoms with E-state index in [1.165, 1.54) is 44.9 Å². The van der Waals surface area contributed by atoms with Gasteiger partial charge in [-0.3, -0.25) is 14.5 Å². The molecule has 0 aromatic rings. The van der Waals surface area contributed by atoms with Gasteiger partial charge in [-0.2, -0.15) is 0 Å². The number of carbonyl (C=O) groups is 2. The zero-order valence-corrected chi connectivity index (χ0v) is 18.6. The number of likely N-dealkylation sites (N-methyl/N-ethyl adjacent to an activating group) is 1. The first-order valence-corrected chi connectivity index (χ1v) is 11.7. The summed E-state index contributed by atoms with van der Waals surface area (Å²) in [6.45, 7) is 5.33. The van der Waals surface area contributed by atoms with Crippen molar-refractivity contribution in [1.82, 2.24) is 20.0 Å². The number of nitrogens with zero attached hydrogens (tertiary/aromatic N) is 3. The maximum atomic E-state index is 12.3. The van der Waals surface area contributed by atoms with E-state index in [1.54, 1.807) is 7.05 Å². The van der Waals surface area contributed by atoms with Crippen LogP contribution in [0.4, 0.5) is 4.79 Å². The summed E-state index contributed by atoms with van der Waals surface area (Å²) in [6, 6.07) is 1.37. The van der Waals surface area contributed by atoms with Gasteiger partial charge in [0.15, 0.2) is 0 Å². The Morgan fingerprint density at radius 1 is 1.00 bits per heavy atom. The summed E-state index contributed by atoms with van der Waals surface area (Å²) in [4.78, 5) is 31.1. The molecule has 0 aromatic heterocycles. The second-order valence-electron chi connectivity index (χ2n) is 9.12. The van der Waals surface area contributed by atoms with E-state index in [0.717, 1.165) is 39.1 Å². The van der Waals surface area contributed by atoms with Gasteiger partial charge >= 0.3 is 0 Å². The molecule has 1 atom stereocenters.